The monoisotopic (exact) mass is 495 g/mol. The second-order valence-corrected chi connectivity index (χ2v) is 10.1. The summed E-state index contributed by atoms with van der Waals surface area (Å²) in [5.41, 5.74) is 5.58. The third-order valence-electron chi connectivity index (χ3n) is 5.84. The van der Waals surface area contributed by atoms with Gasteiger partial charge in [0.2, 0.25) is 5.78 Å². The Morgan fingerprint density at radius 1 is 0.943 bits per heavy atom. The molecule has 0 aliphatic carbocycles. The molecule has 0 spiro atoms. The van der Waals surface area contributed by atoms with E-state index in [0.29, 0.717) is 22.1 Å². The van der Waals surface area contributed by atoms with Crippen LogP contribution in [0.3, 0.4) is 0 Å². The molecule has 0 amide bonds. The summed E-state index contributed by atoms with van der Waals surface area (Å²) in [6.45, 7) is 4.02. The van der Waals surface area contributed by atoms with Gasteiger partial charge < -0.3 is 0 Å². The quantitative estimate of drug-likeness (QED) is 0.215. The van der Waals surface area contributed by atoms with Crippen LogP contribution in [-0.4, -0.2) is 23.9 Å². The molecule has 35 heavy (non-hydrogen) atoms. The predicted molar refractivity (Wildman–Crippen MR) is 143 cm³/mol. The first-order chi connectivity index (χ1) is 17.1. The van der Waals surface area contributed by atoms with Crippen LogP contribution in [0.1, 0.15) is 17.1 Å². The molecule has 0 saturated heterocycles. The fraction of sp³-hybridized carbons (Fsp3) is 0.111. The van der Waals surface area contributed by atoms with Crippen molar-refractivity contribution in [1.82, 2.24) is 23.9 Å². The topological polar surface area (TPSA) is 65.1 Å². The van der Waals surface area contributed by atoms with E-state index in [2.05, 4.69) is 4.98 Å². The number of aromatic nitrogens is 5. The lowest BCUT2D eigenvalue weighted by Gasteiger charge is -2.12. The normalized spacial score (nSPS) is 11.5. The van der Waals surface area contributed by atoms with Gasteiger partial charge in [-0.25, -0.2) is 15.0 Å². The number of imidazole rings is 1. The van der Waals surface area contributed by atoms with Crippen LogP contribution in [0.4, 0.5) is 0 Å². The molecular weight excluding hydrogens is 474 g/mol. The second-order valence-electron chi connectivity index (χ2n) is 8.30. The standard InChI is InChI=1S/C27H21N5OS2/c1-17-13-18(2)31-14-20(29-26(31)28-17)15-35-27-30-24-23(22(16-34-24)19-9-5-3-6-10-19)25(33)32(27)21-11-7-4-8-12-21/h3-14,16H,15H2,1-2H3. The summed E-state index contributed by atoms with van der Waals surface area (Å²) >= 11 is 3.01. The van der Waals surface area contributed by atoms with Crippen molar-refractivity contribution in [2.24, 2.45) is 0 Å². The first-order valence-corrected chi connectivity index (χ1v) is 13.0. The highest BCUT2D eigenvalue weighted by atomic mass is 32.2. The molecule has 0 fully saturated rings. The van der Waals surface area contributed by atoms with Gasteiger partial charge in [-0.1, -0.05) is 60.3 Å². The highest BCUT2D eigenvalue weighted by molar-refractivity contribution is 7.98. The van der Waals surface area contributed by atoms with Gasteiger partial charge >= 0.3 is 0 Å². The Balaban J connectivity index is 1.47. The summed E-state index contributed by atoms with van der Waals surface area (Å²) < 4.78 is 3.71. The van der Waals surface area contributed by atoms with Gasteiger partial charge in [0, 0.05) is 34.3 Å². The van der Waals surface area contributed by atoms with E-state index in [-0.39, 0.29) is 5.56 Å². The van der Waals surface area contributed by atoms with Crippen LogP contribution in [0.2, 0.25) is 0 Å². The maximum Gasteiger partial charge on any atom is 0.268 e. The molecule has 6 rings (SSSR count). The van der Waals surface area contributed by atoms with Crippen LogP contribution in [0.15, 0.2) is 88.3 Å². The molecule has 8 heteroatoms. The SMILES string of the molecule is Cc1cc(C)n2cc(CSc3nc4scc(-c5ccccc5)c4c(=O)n3-c3ccccc3)nc2n1. The number of nitrogens with zero attached hydrogens (tertiary/aromatic N) is 5. The van der Waals surface area contributed by atoms with E-state index in [4.69, 9.17) is 9.97 Å². The van der Waals surface area contributed by atoms with E-state index in [1.807, 2.05) is 96.6 Å². The molecule has 0 atom stereocenters. The van der Waals surface area contributed by atoms with Gasteiger partial charge in [0.05, 0.1) is 16.8 Å². The van der Waals surface area contributed by atoms with E-state index in [0.717, 1.165) is 38.7 Å². The minimum absolute atomic E-state index is 0.0630. The van der Waals surface area contributed by atoms with Crippen molar-refractivity contribution >= 4 is 39.1 Å². The fourth-order valence-corrected chi connectivity index (χ4v) is 6.12. The van der Waals surface area contributed by atoms with Gasteiger partial charge in [0.15, 0.2) is 5.16 Å². The van der Waals surface area contributed by atoms with Crippen molar-refractivity contribution < 1.29 is 0 Å². The number of aryl methyl sites for hydroxylation is 2. The molecule has 0 aliphatic rings. The minimum Gasteiger partial charge on any atom is -0.288 e. The summed E-state index contributed by atoms with van der Waals surface area (Å²) in [5, 5.41) is 3.32. The first-order valence-electron chi connectivity index (χ1n) is 11.2. The number of rotatable bonds is 5. The Kier molecular flexibility index (Phi) is 5.47. The van der Waals surface area contributed by atoms with Crippen molar-refractivity contribution in [2.45, 2.75) is 24.8 Å². The van der Waals surface area contributed by atoms with Crippen molar-refractivity contribution in [3.05, 3.63) is 106 Å². The number of thioether (sulfide) groups is 1. The molecule has 0 unspecified atom stereocenters. The summed E-state index contributed by atoms with van der Waals surface area (Å²) in [6.07, 6.45) is 2.01. The number of hydrogen-bond donors (Lipinski definition) is 0. The summed E-state index contributed by atoms with van der Waals surface area (Å²) in [4.78, 5) is 28.9. The van der Waals surface area contributed by atoms with Gasteiger partial charge in [0.1, 0.15) is 4.83 Å². The van der Waals surface area contributed by atoms with Crippen molar-refractivity contribution in [3.8, 4) is 16.8 Å². The number of thiophene rings is 1. The van der Waals surface area contributed by atoms with Crippen LogP contribution in [-0.2, 0) is 5.75 Å². The number of para-hydroxylation sites is 1. The third kappa shape index (κ3) is 3.94. The maximum absolute atomic E-state index is 13.9. The molecular formula is C27H21N5OS2. The second kappa shape index (κ2) is 8.79. The lowest BCUT2D eigenvalue weighted by molar-refractivity contribution is 0.822. The lowest BCUT2D eigenvalue weighted by atomic mass is 10.1. The summed E-state index contributed by atoms with van der Waals surface area (Å²) in [5.74, 6) is 1.26. The Morgan fingerprint density at radius 2 is 1.69 bits per heavy atom. The summed E-state index contributed by atoms with van der Waals surface area (Å²) in [6, 6.07) is 21.7. The van der Waals surface area contributed by atoms with Crippen LogP contribution in [0.5, 0.6) is 0 Å². The average molecular weight is 496 g/mol. The zero-order valence-corrected chi connectivity index (χ0v) is 20.8. The molecule has 0 radical (unpaired) electrons. The number of fused-ring (bicyclic) bond motifs is 2. The fourth-order valence-electron chi connectivity index (χ4n) is 4.23. The van der Waals surface area contributed by atoms with Crippen LogP contribution in [0.25, 0.3) is 32.8 Å². The molecule has 0 N–H and O–H groups in total. The number of benzene rings is 2. The van der Waals surface area contributed by atoms with E-state index in [9.17, 15) is 4.79 Å². The first kappa shape index (κ1) is 21.8. The van der Waals surface area contributed by atoms with Crippen molar-refractivity contribution in [3.63, 3.8) is 0 Å². The van der Waals surface area contributed by atoms with Crippen molar-refractivity contribution in [1.29, 1.82) is 0 Å². The zero-order chi connectivity index (χ0) is 23.9. The smallest absolute Gasteiger partial charge is 0.268 e. The van der Waals surface area contributed by atoms with E-state index < -0.39 is 0 Å². The highest BCUT2D eigenvalue weighted by Gasteiger charge is 2.19. The Bertz CT molecular complexity index is 1740. The molecule has 0 aliphatic heterocycles. The Labute approximate surface area is 210 Å². The van der Waals surface area contributed by atoms with E-state index in [1.54, 1.807) is 4.57 Å². The maximum atomic E-state index is 13.9. The molecule has 0 bridgehead atoms. The Hall–Kier alpha value is -3.75. The van der Waals surface area contributed by atoms with Gasteiger partial charge in [0.25, 0.3) is 5.56 Å². The number of hydrogen-bond acceptors (Lipinski definition) is 6. The highest BCUT2D eigenvalue weighted by Crippen LogP contribution is 2.33. The molecule has 172 valence electrons. The van der Waals surface area contributed by atoms with Gasteiger partial charge in [-0.05, 0) is 37.6 Å². The molecule has 2 aromatic carbocycles. The van der Waals surface area contributed by atoms with Crippen LogP contribution in [0, 0.1) is 13.8 Å². The predicted octanol–water partition coefficient (Wildman–Crippen LogP) is 6.07. The average Bonchev–Trinajstić information content (AvgIpc) is 3.48. The zero-order valence-electron chi connectivity index (χ0n) is 19.2. The van der Waals surface area contributed by atoms with Gasteiger partial charge in [-0.2, -0.15) is 0 Å². The molecule has 4 aromatic heterocycles. The van der Waals surface area contributed by atoms with Gasteiger partial charge in [-0.3, -0.25) is 13.8 Å². The van der Waals surface area contributed by atoms with Gasteiger partial charge in [-0.15, -0.1) is 11.3 Å². The Morgan fingerprint density at radius 3 is 2.46 bits per heavy atom. The molecule has 6 aromatic rings. The van der Waals surface area contributed by atoms with Crippen LogP contribution < -0.4 is 5.56 Å². The molecule has 6 nitrogen and oxygen atoms in total. The van der Waals surface area contributed by atoms with E-state index >= 15 is 0 Å². The largest absolute Gasteiger partial charge is 0.288 e. The lowest BCUT2D eigenvalue weighted by Crippen LogP contribution is -2.21. The molecule has 4 heterocycles. The van der Waals surface area contributed by atoms with Crippen molar-refractivity contribution in [2.75, 3.05) is 0 Å². The minimum atomic E-state index is -0.0630. The summed E-state index contributed by atoms with van der Waals surface area (Å²) in [7, 11) is 0. The molecule has 0 saturated carbocycles. The van der Waals surface area contributed by atoms with E-state index in [1.165, 1.54) is 23.1 Å². The van der Waals surface area contributed by atoms with Crippen LogP contribution >= 0.6 is 23.1 Å². The third-order valence-corrected chi connectivity index (χ3v) is 7.68.